The molecule has 3 heterocycles. The Morgan fingerprint density at radius 3 is 1.88 bits per heavy atom. The Morgan fingerprint density at radius 1 is 0.780 bits per heavy atom. The number of nitrogens with zero attached hydrogens (tertiary/aromatic N) is 2. The van der Waals surface area contributed by atoms with Crippen LogP contribution in [0.5, 0.6) is 17.2 Å². The summed E-state index contributed by atoms with van der Waals surface area (Å²) in [6, 6.07) is 17.7. The molecule has 0 radical (unpaired) electrons. The molecule has 2 fully saturated rings. The number of rotatable bonds is 11. The fourth-order valence-electron chi connectivity index (χ4n) is 5.69. The van der Waals surface area contributed by atoms with Gasteiger partial charge in [-0.05, 0) is 118 Å². The van der Waals surface area contributed by atoms with Crippen LogP contribution in [0.3, 0.4) is 0 Å². The van der Waals surface area contributed by atoms with Crippen molar-refractivity contribution in [2.24, 2.45) is 0 Å². The average Bonchev–Trinajstić information content (AvgIpc) is 3.78. The Morgan fingerprint density at radius 2 is 1.32 bits per heavy atom. The molecule has 0 bridgehead atoms. The Balaban J connectivity index is 1.22. The number of benzene rings is 3. The number of thiophene rings is 1. The molecule has 0 atom stereocenters. The number of ether oxygens (including phenoxy) is 2. The van der Waals surface area contributed by atoms with E-state index in [0.29, 0.717) is 40.4 Å². The van der Waals surface area contributed by atoms with Gasteiger partial charge in [-0.1, -0.05) is 0 Å². The number of halogens is 1. The summed E-state index contributed by atoms with van der Waals surface area (Å²) in [6.45, 7) is 7.54. The van der Waals surface area contributed by atoms with Gasteiger partial charge >= 0.3 is 0 Å². The molecular weight excluding hydrogens is 539 g/mol. The lowest BCUT2D eigenvalue weighted by Crippen LogP contribution is -2.25. The fraction of sp³-hybridized carbons (Fsp3) is 0.364. The molecule has 2 saturated heterocycles. The predicted octanol–water partition coefficient (Wildman–Crippen LogP) is 6.59. The van der Waals surface area contributed by atoms with Crippen molar-refractivity contribution in [1.82, 2.24) is 9.80 Å². The van der Waals surface area contributed by atoms with E-state index in [4.69, 9.17) is 9.47 Å². The molecule has 41 heavy (non-hydrogen) atoms. The monoisotopic (exact) mass is 574 g/mol. The maximum absolute atomic E-state index is 15.0. The summed E-state index contributed by atoms with van der Waals surface area (Å²) >= 11 is 1.17. The van der Waals surface area contributed by atoms with Crippen LogP contribution in [0, 0.1) is 5.82 Å². The second kappa shape index (κ2) is 12.6. The molecule has 0 unspecified atom stereocenters. The van der Waals surface area contributed by atoms with Gasteiger partial charge in [-0.2, -0.15) is 0 Å². The number of aromatic hydroxyl groups is 1. The van der Waals surface area contributed by atoms with Crippen LogP contribution in [0.2, 0.25) is 0 Å². The number of carbonyl (C=O) groups excluding carboxylic acids is 1. The van der Waals surface area contributed by atoms with Gasteiger partial charge in [0.1, 0.15) is 24.7 Å². The topological polar surface area (TPSA) is 62.2 Å². The number of fused-ring (bicyclic) bond motifs is 1. The number of ketones is 1. The van der Waals surface area contributed by atoms with Gasteiger partial charge in [0.2, 0.25) is 0 Å². The Kier molecular flexibility index (Phi) is 8.51. The van der Waals surface area contributed by atoms with E-state index < -0.39 is 11.6 Å². The smallest absolute Gasteiger partial charge is 0.195 e. The van der Waals surface area contributed by atoms with Gasteiger partial charge in [0.05, 0.1) is 4.70 Å². The first-order valence-electron chi connectivity index (χ1n) is 14.5. The van der Waals surface area contributed by atoms with E-state index in [9.17, 15) is 14.3 Å². The van der Waals surface area contributed by atoms with Crippen molar-refractivity contribution in [2.45, 2.75) is 25.7 Å². The van der Waals surface area contributed by atoms with Gasteiger partial charge < -0.3 is 14.6 Å². The van der Waals surface area contributed by atoms with E-state index in [1.807, 2.05) is 36.4 Å². The van der Waals surface area contributed by atoms with Crippen molar-refractivity contribution in [3.05, 3.63) is 77.6 Å². The third kappa shape index (κ3) is 6.25. The zero-order chi connectivity index (χ0) is 28.2. The second-order valence-corrected chi connectivity index (χ2v) is 11.8. The van der Waals surface area contributed by atoms with Gasteiger partial charge in [0, 0.05) is 34.5 Å². The maximum Gasteiger partial charge on any atom is 0.195 e. The van der Waals surface area contributed by atoms with Gasteiger partial charge in [-0.3, -0.25) is 14.6 Å². The van der Waals surface area contributed by atoms with E-state index in [-0.39, 0.29) is 10.5 Å². The number of likely N-dealkylation sites (tertiary alicyclic amines) is 2. The summed E-state index contributed by atoms with van der Waals surface area (Å²) in [6.07, 6.45) is 4.99. The van der Waals surface area contributed by atoms with Crippen molar-refractivity contribution in [2.75, 3.05) is 52.5 Å². The normalized spacial score (nSPS) is 16.0. The molecule has 1 N–H and O–H groups in total. The zero-order valence-electron chi connectivity index (χ0n) is 23.1. The summed E-state index contributed by atoms with van der Waals surface area (Å²) in [5, 5.41) is 10.5. The van der Waals surface area contributed by atoms with Gasteiger partial charge in [0.15, 0.2) is 17.3 Å². The van der Waals surface area contributed by atoms with Gasteiger partial charge in [-0.15, -0.1) is 11.3 Å². The van der Waals surface area contributed by atoms with E-state index in [1.54, 1.807) is 18.2 Å². The van der Waals surface area contributed by atoms with Crippen LogP contribution < -0.4 is 9.47 Å². The molecule has 8 heteroatoms. The quantitative estimate of drug-likeness (QED) is 0.204. The first-order valence-corrected chi connectivity index (χ1v) is 15.3. The zero-order valence-corrected chi connectivity index (χ0v) is 23.9. The molecule has 0 amide bonds. The highest BCUT2D eigenvalue weighted by Crippen LogP contribution is 2.43. The average molecular weight is 575 g/mol. The highest BCUT2D eigenvalue weighted by molar-refractivity contribution is 7.22. The van der Waals surface area contributed by atoms with Crippen LogP contribution >= 0.6 is 11.3 Å². The van der Waals surface area contributed by atoms with E-state index in [2.05, 4.69) is 9.80 Å². The summed E-state index contributed by atoms with van der Waals surface area (Å²) in [7, 11) is 0. The van der Waals surface area contributed by atoms with Crippen LogP contribution in [0.25, 0.3) is 20.5 Å². The minimum Gasteiger partial charge on any atom is -0.505 e. The standard InChI is InChI=1S/C33H35FN2O4S/c34-30-28(37)14-13-27-29(31(38)23-5-9-25(10-6-23)39-21-19-35-15-1-2-16-35)32(41-33(27)30)24-7-11-26(12-8-24)40-22-20-36-17-3-4-18-36/h5-14,37H,1-4,15-22H2. The van der Waals surface area contributed by atoms with Crippen LogP contribution in [0.1, 0.15) is 41.6 Å². The van der Waals surface area contributed by atoms with Gasteiger partial charge in [-0.25, -0.2) is 4.39 Å². The summed E-state index contributed by atoms with van der Waals surface area (Å²) in [4.78, 5) is 19.3. The number of carbonyl (C=O) groups is 1. The molecule has 2 aliphatic heterocycles. The fourth-order valence-corrected chi connectivity index (χ4v) is 6.93. The van der Waals surface area contributed by atoms with Crippen molar-refractivity contribution in [3.8, 4) is 27.7 Å². The van der Waals surface area contributed by atoms with E-state index in [0.717, 1.165) is 50.6 Å². The Bertz CT molecular complexity index is 1490. The summed E-state index contributed by atoms with van der Waals surface area (Å²) < 4.78 is 27.1. The summed E-state index contributed by atoms with van der Waals surface area (Å²) in [5.74, 6) is 0.127. The first kappa shape index (κ1) is 27.7. The second-order valence-electron chi connectivity index (χ2n) is 10.8. The van der Waals surface area contributed by atoms with Crippen molar-refractivity contribution in [1.29, 1.82) is 0 Å². The SMILES string of the molecule is O=C(c1ccc(OCCN2CCCC2)cc1)c1c(-c2ccc(OCCN3CCCC3)cc2)sc2c(F)c(O)ccc12. The molecule has 2 aliphatic rings. The van der Waals surface area contributed by atoms with Crippen LogP contribution in [0.15, 0.2) is 60.7 Å². The van der Waals surface area contributed by atoms with Crippen molar-refractivity contribution < 1.29 is 23.8 Å². The molecule has 0 aliphatic carbocycles. The molecular formula is C33H35FN2O4S. The lowest BCUT2D eigenvalue weighted by molar-refractivity contribution is 0.104. The molecule has 6 nitrogen and oxygen atoms in total. The lowest BCUT2D eigenvalue weighted by Gasteiger charge is -2.15. The number of phenols is 1. The molecule has 0 spiro atoms. The van der Waals surface area contributed by atoms with Crippen molar-refractivity contribution in [3.63, 3.8) is 0 Å². The molecule has 6 rings (SSSR count). The number of hydrogen-bond donors (Lipinski definition) is 1. The summed E-state index contributed by atoms with van der Waals surface area (Å²) in [5.41, 5.74) is 1.71. The number of hydrogen-bond acceptors (Lipinski definition) is 7. The van der Waals surface area contributed by atoms with Crippen LogP contribution in [-0.2, 0) is 0 Å². The van der Waals surface area contributed by atoms with E-state index in [1.165, 1.54) is 43.1 Å². The molecule has 214 valence electrons. The van der Waals surface area contributed by atoms with Crippen LogP contribution in [0.4, 0.5) is 4.39 Å². The van der Waals surface area contributed by atoms with E-state index >= 15 is 0 Å². The Hall–Kier alpha value is -3.46. The Labute approximate surface area is 243 Å². The van der Waals surface area contributed by atoms with Gasteiger partial charge in [0.25, 0.3) is 0 Å². The largest absolute Gasteiger partial charge is 0.505 e. The van der Waals surface area contributed by atoms with Crippen molar-refractivity contribution >= 4 is 27.2 Å². The first-order chi connectivity index (χ1) is 20.1. The highest BCUT2D eigenvalue weighted by Gasteiger charge is 2.24. The third-order valence-corrected chi connectivity index (χ3v) is 9.23. The highest BCUT2D eigenvalue weighted by atomic mass is 32.1. The molecule has 4 aromatic rings. The maximum atomic E-state index is 15.0. The molecule has 3 aromatic carbocycles. The minimum atomic E-state index is -0.712. The number of phenolic OH excluding ortho intramolecular Hbond substituents is 1. The van der Waals surface area contributed by atoms with Crippen LogP contribution in [-0.4, -0.2) is 73.2 Å². The molecule has 0 saturated carbocycles. The third-order valence-electron chi connectivity index (χ3n) is 7.99. The predicted molar refractivity (Wildman–Crippen MR) is 161 cm³/mol. The lowest BCUT2D eigenvalue weighted by atomic mass is 9.97. The minimum absolute atomic E-state index is 0.203. The molecule has 1 aromatic heterocycles.